The number of nitrogens with zero attached hydrogens (tertiary/aromatic N) is 3. The Morgan fingerprint density at radius 1 is 1.20 bits per heavy atom. The Hall–Kier alpha value is -3.41. The van der Waals surface area contributed by atoms with Crippen molar-refractivity contribution < 1.29 is 9.53 Å². The molecule has 2 aromatic carbocycles. The number of nitrogens with one attached hydrogen (secondary N) is 1. The van der Waals surface area contributed by atoms with Crippen LogP contribution in [0.25, 0.3) is 0 Å². The molecule has 1 amide bonds. The number of ether oxygens (including phenoxy) is 1. The van der Waals surface area contributed by atoms with Gasteiger partial charge in [0.05, 0.1) is 6.21 Å². The van der Waals surface area contributed by atoms with Crippen LogP contribution in [0.1, 0.15) is 21.6 Å². The second-order valence-corrected chi connectivity index (χ2v) is 5.42. The molecule has 1 heterocycles. The van der Waals surface area contributed by atoms with E-state index in [0.717, 1.165) is 16.9 Å². The van der Waals surface area contributed by atoms with Gasteiger partial charge in [0.2, 0.25) is 0 Å². The van der Waals surface area contributed by atoms with Crippen LogP contribution in [-0.2, 0) is 13.7 Å². The smallest absolute Gasteiger partial charge is 0.291 e. The monoisotopic (exact) mass is 334 g/mol. The highest BCUT2D eigenvalue weighted by atomic mass is 16.5. The van der Waals surface area contributed by atoms with Gasteiger partial charge in [-0.15, -0.1) is 0 Å². The first-order valence-electron chi connectivity index (χ1n) is 7.80. The summed E-state index contributed by atoms with van der Waals surface area (Å²) in [6.45, 7) is 0.498. The second-order valence-electron chi connectivity index (χ2n) is 5.42. The number of carbonyl (C=O) groups excluding carboxylic acids is 1. The third kappa shape index (κ3) is 4.78. The summed E-state index contributed by atoms with van der Waals surface area (Å²) in [6, 6.07) is 19.1. The third-order valence-corrected chi connectivity index (χ3v) is 3.43. The van der Waals surface area contributed by atoms with Gasteiger partial charge in [-0.2, -0.15) is 10.2 Å². The summed E-state index contributed by atoms with van der Waals surface area (Å²) in [5.74, 6) is 0.386. The molecule has 25 heavy (non-hydrogen) atoms. The molecule has 6 heteroatoms. The normalized spacial score (nSPS) is 10.8. The number of hydrogen-bond acceptors (Lipinski definition) is 4. The predicted molar refractivity (Wildman–Crippen MR) is 95.5 cm³/mol. The number of aryl methyl sites for hydroxylation is 1. The number of amides is 1. The molecule has 0 fully saturated rings. The van der Waals surface area contributed by atoms with Crippen molar-refractivity contribution in [2.24, 2.45) is 12.1 Å². The number of aromatic nitrogens is 2. The van der Waals surface area contributed by atoms with Gasteiger partial charge in [-0.1, -0.05) is 42.5 Å². The van der Waals surface area contributed by atoms with Crippen LogP contribution in [0.2, 0.25) is 0 Å². The van der Waals surface area contributed by atoms with Gasteiger partial charge in [-0.05, 0) is 29.3 Å². The lowest BCUT2D eigenvalue weighted by Crippen LogP contribution is -2.18. The van der Waals surface area contributed by atoms with Gasteiger partial charge in [0.15, 0.2) is 5.69 Å². The third-order valence-electron chi connectivity index (χ3n) is 3.43. The number of carbonyl (C=O) groups is 1. The van der Waals surface area contributed by atoms with Crippen molar-refractivity contribution >= 4 is 12.1 Å². The Balaban J connectivity index is 1.56. The van der Waals surface area contributed by atoms with Crippen LogP contribution in [0.5, 0.6) is 5.75 Å². The number of hydrogen-bond donors (Lipinski definition) is 1. The molecule has 0 bridgehead atoms. The van der Waals surface area contributed by atoms with Crippen molar-refractivity contribution in [1.29, 1.82) is 0 Å². The summed E-state index contributed by atoms with van der Waals surface area (Å²) >= 11 is 0. The van der Waals surface area contributed by atoms with Crippen LogP contribution >= 0.6 is 0 Å². The molecule has 1 aromatic heterocycles. The van der Waals surface area contributed by atoms with Gasteiger partial charge in [0.1, 0.15) is 12.4 Å². The van der Waals surface area contributed by atoms with E-state index in [1.54, 1.807) is 30.2 Å². The highest BCUT2D eigenvalue weighted by Crippen LogP contribution is 2.14. The predicted octanol–water partition coefficient (Wildman–Crippen LogP) is 2.76. The summed E-state index contributed by atoms with van der Waals surface area (Å²) < 4.78 is 7.33. The maximum Gasteiger partial charge on any atom is 0.291 e. The van der Waals surface area contributed by atoms with E-state index in [-0.39, 0.29) is 5.91 Å². The van der Waals surface area contributed by atoms with Crippen molar-refractivity contribution in [3.63, 3.8) is 0 Å². The Morgan fingerprint density at radius 2 is 2.04 bits per heavy atom. The van der Waals surface area contributed by atoms with E-state index in [0.29, 0.717) is 12.3 Å². The fourth-order valence-corrected chi connectivity index (χ4v) is 2.18. The molecular weight excluding hydrogens is 316 g/mol. The zero-order chi connectivity index (χ0) is 17.5. The standard InChI is InChI=1S/C19H18N4O2/c1-23-11-10-18(22-23)19(24)21-20-13-16-8-5-9-17(12-16)25-14-15-6-3-2-4-7-15/h2-13H,14H2,1H3,(H,21,24)/b20-13+. The largest absolute Gasteiger partial charge is 0.489 e. The molecule has 0 aliphatic carbocycles. The highest BCUT2D eigenvalue weighted by Gasteiger charge is 2.06. The topological polar surface area (TPSA) is 68.5 Å². The zero-order valence-corrected chi connectivity index (χ0v) is 13.8. The van der Waals surface area contributed by atoms with Crippen LogP contribution in [0, 0.1) is 0 Å². The summed E-state index contributed by atoms with van der Waals surface area (Å²) in [5, 5.41) is 7.97. The average Bonchev–Trinajstić information content (AvgIpc) is 3.08. The number of benzene rings is 2. The van der Waals surface area contributed by atoms with E-state index >= 15 is 0 Å². The maximum absolute atomic E-state index is 11.8. The lowest BCUT2D eigenvalue weighted by molar-refractivity contribution is 0.0949. The highest BCUT2D eigenvalue weighted by molar-refractivity contribution is 5.93. The quantitative estimate of drug-likeness (QED) is 0.557. The van der Waals surface area contributed by atoms with Crippen LogP contribution in [0.4, 0.5) is 0 Å². The van der Waals surface area contributed by atoms with Crippen molar-refractivity contribution in [3.8, 4) is 5.75 Å². The molecule has 0 saturated carbocycles. The van der Waals surface area contributed by atoms with Gasteiger partial charge in [-0.3, -0.25) is 9.48 Å². The molecule has 126 valence electrons. The summed E-state index contributed by atoms with van der Waals surface area (Å²) in [6.07, 6.45) is 3.27. The molecule has 3 aromatic rings. The molecule has 0 aliphatic heterocycles. The van der Waals surface area contributed by atoms with Crippen LogP contribution < -0.4 is 10.2 Å². The van der Waals surface area contributed by atoms with E-state index in [4.69, 9.17) is 4.74 Å². The first kappa shape index (κ1) is 16.4. The number of rotatable bonds is 6. The number of hydrazone groups is 1. The lowest BCUT2D eigenvalue weighted by Gasteiger charge is -2.06. The van der Waals surface area contributed by atoms with Crippen molar-refractivity contribution in [2.45, 2.75) is 6.61 Å². The van der Waals surface area contributed by atoms with E-state index in [1.807, 2.05) is 54.6 Å². The van der Waals surface area contributed by atoms with E-state index in [9.17, 15) is 4.79 Å². The fraction of sp³-hybridized carbons (Fsp3) is 0.105. The van der Waals surface area contributed by atoms with E-state index in [1.165, 1.54) is 0 Å². The van der Waals surface area contributed by atoms with Crippen LogP contribution in [0.3, 0.4) is 0 Å². The van der Waals surface area contributed by atoms with Gasteiger partial charge < -0.3 is 4.74 Å². The molecule has 0 spiro atoms. The Morgan fingerprint density at radius 3 is 2.80 bits per heavy atom. The SMILES string of the molecule is Cn1ccc(C(=O)N/N=C/c2cccc(OCc3ccccc3)c2)n1. The van der Waals surface area contributed by atoms with Crippen molar-refractivity contribution in [3.05, 3.63) is 83.7 Å². The van der Waals surface area contributed by atoms with Crippen LogP contribution in [0.15, 0.2) is 72.0 Å². The molecule has 3 rings (SSSR count). The summed E-state index contributed by atoms with van der Waals surface area (Å²) in [7, 11) is 1.75. The minimum Gasteiger partial charge on any atom is -0.489 e. The first-order valence-corrected chi connectivity index (χ1v) is 7.80. The zero-order valence-electron chi connectivity index (χ0n) is 13.8. The Bertz CT molecular complexity index is 872. The van der Waals surface area contributed by atoms with Crippen molar-refractivity contribution in [1.82, 2.24) is 15.2 Å². The average molecular weight is 334 g/mol. The lowest BCUT2D eigenvalue weighted by atomic mass is 10.2. The fourth-order valence-electron chi connectivity index (χ4n) is 2.18. The molecular formula is C19H18N4O2. The minimum atomic E-state index is -0.353. The van der Waals surface area contributed by atoms with E-state index in [2.05, 4.69) is 15.6 Å². The van der Waals surface area contributed by atoms with Crippen molar-refractivity contribution in [2.75, 3.05) is 0 Å². The summed E-state index contributed by atoms with van der Waals surface area (Å²) in [5.41, 5.74) is 4.70. The van der Waals surface area contributed by atoms with Gasteiger partial charge in [0, 0.05) is 13.2 Å². The minimum absolute atomic E-state index is 0.319. The first-order chi connectivity index (χ1) is 12.2. The molecule has 0 unspecified atom stereocenters. The molecule has 0 atom stereocenters. The molecule has 6 nitrogen and oxygen atoms in total. The molecule has 0 saturated heterocycles. The maximum atomic E-state index is 11.8. The van der Waals surface area contributed by atoms with E-state index < -0.39 is 0 Å². The second kappa shape index (κ2) is 7.92. The molecule has 0 radical (unpaired) electrons. The van der Waals surface area contributed by atoms with Crippen LogP contribution in [-0.4, -0.2) is 21.9 Å². The van der Waals surface area contributed by atoms with Gasteiger partial charge >= 0.3 is 0 Å². The molecule has 0 aliphatic rings. The summed E-state index contributed by atoms with van der Waals surface area (Å²) in [4.78, 5) is 11.8. The Labute approximate surface area is 145 Å². The molecule has 1 N–H and O–H groups in total. The van der Waals surface area contributed by atoms with Gasteiger partial charge in [0.25, 0.3) is 5.91 Å². The van der Waals surface area contributed by atoms with Gasteiger partial charge in [-0.25, -0.2) is 5.43 Å². The Kier molecular flexibility index (Phi) is 5.21.